The van der Waals surface area contributed by atoms with Crippen molar-refractivity contribution in [2.24, 2.45) is 5.92 Å². The zero-order chi connectivity index (χ0) is 23.0. The molecule has 0 aromatic heterocycles. The van der Waals surface area contributed by atoms with Gasteiger partial charge in [-0.15, -0.1) is 0 Å². The van der Waals surface area contributed by atoms with Crippen molar-refractivity contribution in [1.82, 2.24) is 9.62 Å². The van der Waals surface area contributed by atoms with E-state index in [0.717, 1.165) is 24.2 Å². The number of rotatable bonds is 10. The molecule has 8 heteroatoms. The number of hydrogen-bond acceptors (Lipinski definition) is 5. The van der Waals surface area contributed by atoms with Gasteiger partial charge in [0.2, 0.25) is 15.9 Å². The Morgan fingerprint density at radius 3 is 2.41 bits per heavy atom. The molecule has 1 heterocycles. The summed E-state index contributed by atoms with van der Waals surface area (Å²) in [6.45, 7) is 3.76. The van der Waals surface area contributed by atoms with Crippen molar-refractivity contribution in [2.45, 2.75) is 37.1 Å². The molecule has 2 aromatic rings. The number of likely N-dealkylation sites (tertiary alicyclic amines) is 1. The van der Waals surface area contributed by atoms with Crippen molar-refractivity contribution in [3.63, 3.8) is 0 Å². The van der Waals surface area contributed by atoms with E-state index in [-0.39, 0.29) is 10.8 Å². The molecule has 0 bridgehead atoms. The summed E-state index contributed by atoms with van der Waals surface area (Å²) in [5, 5.41) is 0. The van der Waals surface area contributed by atoms with Gasteiger partial charge in [0.1, 0.15) is 11.8 Å². The van der Waals surface area contributed by atoms with Crippen LogP contribution in [0.2, 0.25) is 0 Å². The van der Waals surface area contributed by atoms with Crippen molar-refractivity contribution >= 4 is 27.7 Å². The average Bonchev–Trinajstić information content (AvgIpc) is 2.81. The number of carbonyl (C=O) groups is 1. The molecule has 0 aliphatic carbocycles. The highest BCUT2D eigenvalue weighted by Gasteiger charge is 2.31. The Morgan fingerprint density at radius 1 is 1.12 bits per heavy atom. The van der Waals surface area contributed by atoms with E-state index >= 15 is 0 Å². The molecule has 1 unspecified atom stereocenters. The number of benzene rings is 2. The number of piperidine rings is 1. The van der Waals surface area contributed by atoms with E-state index in [1.54, 1.807) is 40.9 Å². The fraction of sp³-hybridized carbons (Fsp3) is 0.458. The predicted octanol–water partition coefficient (Wildman–Crippen LogP) is 3.71. The van der Waals surface area contributed by atoms with Gasteiger partial charge < -0.3 is 9.64 Å². The number of nitrogens with zero attached hydrogens (tertiary/aromatic N) is 1. The Kier molecular flexibility index (Phi) is 9.02. The highest BCUT2D eigenvalue weighted by molar-refractivity contribution is 7.98. The van der Waals surface area contributed by atoms with Crippen LogP contribution in [0.4, 0.5) is 0 Å². The fourth-order valence-electron chi connectivity index (χ4n) is 3.71. The lowest BCUT2D eigenvalue weighted by Crippen LogP contribution is -2.51. The molecule has 6 nitrogen and oxygen atoms in total. The molecule has 3 rings (SSSR count). The van der Waals surface area contributed by atoms with Gasteiger partial charge in [-0.2, -0.15) is 16.5 Å². The minimum absolute atomic E-state index is 0.142. The van der Waals surface area contributed by atoms with Crippen LogP contribution in [0.1, 0.15) is 24.8 Å². The Balaban J connectivity index is 1.58. The first-order valence-corrected chi connectivity index (χ1v) is 13.8. The molecule has 1 saturated heterocycles. The minimum atomic E-state index is -3.77. The third kappa shape index (κ3) is 6.98. The largest absolute Gasteiger partial charge is 0.493 e. The number of sulfonamides is 1. The molecule has 1 aliphatic rings. The van der Waals surface area contributed by atoms with Crippen molar-refractivity contribution in [3.8, 4) is 5.75 Å². The topological polar surface area (TPSA) is 75.7 Å². The van der Waals surface area contributed by atoms with Gasteiger partial charge in [-0.1, -0.05) is 35.9 Å². The SMILES string of the molecule is CSCCC(NS(=O)(=O)c1ccc(C)cc1)C(=O)N1CCC(COc2ccccc2)CC1. The zero-order valence-electron chi connectivity index (χ0n) is 18.7. The van der Waals surface area contributed by atoms with E-state index < -0.39 is 16.1 Å². The van der Waals surface area contributed by atoms with E-state index in [1.807, 2.05) is 43.5 Å². The van der Waals surface area contributed by atoms with Crippen LogP contribution in [0.25, 0.3) is 0 Å². The standard InChI is InChI=1S/C24H32N2O4S2/c1-19-8-10-22(11-9-19)32(28,29)25-23(14-17-31-2)24(27)26-15-12-20(13-16-26)18-30-21-6-4-3-5-7-21/h3-11,20,23,25H,12-18H2,1-2H3. The quantitative estimate of drug-likeness (QED) is 0.566. The van der Waals surface area contributed by atoms with E-state index in [2.05, 4.69) is 4.72 Å². The van der Waals surface area contributed by atoms with Crippen molar-refractivity contribution in [2.75, 3.05) is 31.7 Å². The normalized spacial score (nSPS) is 16.0. The van der Waals surface area contributed by atoms with E-state index in [9.17, 15) is 13.2 Å². The number of hydrogen-bond donors (Lipinski definition) is 1. The maximum Gasteiger partial charge on any atom is 0.241 e. The number of aryl methyl sites for hydroxylation is 1. The van der Waals surface area contributed by atoms with Gasteiger partial charge in [-0.05, 0) is 68.4 Å². The summed E-state index contributed by atoms with van der Waals surface area (Å²) in [6, 6.07) is 15.6. The van der Waals surface area contributed by atoms with Gasteiger partial charge in [0.15, 0.2) is 0 Å². The monoisotopic (exact) mass is 476 g/mol. The highest BCUT2D eigenvalue weighted by Crippen LogP contribution is 2.21. The first-order chi connectivity index (χ1) is 15.4. The molecule has 1 fully saturated rings. The molecule has 1 N–H and O–H groups in total. The molecule has 1 aliphatic heterocycles. The van der Waals surface area contributed by atoms with Crippen LogP contribution in [0.3, 0.4) is 0 Å². The minimum Gasteiger partial charge on any atom is -0.493 e. The Bertz CT molecular complexity index is 957. The van der Waals surface area contributed by atoms with Crippen LogP contribution in [-0.2, 0) is 14.8 Å². The number of ether oxygens (including phenoxy) is 1. The van der Waals surface area contributed by atoms with Crippen molar-refractivity contribution in [1.29, 1.82) is 0 Å². The number of nitrogens with one attached hydrogen (secondary N) is 1. The first kappa shape index (κ1) is 24.6. The molecular formula is C24H32N2O4S2. The number of thioether (sulfide) groups is 1. The second-order valence-corrected chi connectivity index (χ2v) is 10.9. The zero-order valence-corrected chi connectivity index (χ0v) is 20.3. The summed E-state index contributed by atoms with van der Waals surface area (Å²) in [5.41, 5.74) is 0.984. The number of carbonyl (C=O) groups excluding carboxylic acids is 1. The van der Waals surface area contributed by atoms with Crippen LogP contribution in [0, 0.1) is 12.8 Å². The van der Waals surface area contributed by atoms with Gasteiger partial charge in [0, 0.05) is 13.1 Å². The molecule has 0 spiro atoms. The molecule has 174 valence electrons. The molecule has 1 amide bonds. The van der Waals surface area contributed by atoms with E-state index in [4.69, 9.17) is 4.74 Å². The molecule has 1 atom stereocenters. The Hall–Kier alpha value is -2.03. The van der Waals surface area contributed by atoms with Crippen molar-refractivity contribution in [3.05, 3.63) is 60.2 Å². The molecule has 32 heavy (non-hydrogen) atoms. The van der Waals surface area contributed by atoms with Crippen LogP contribution >= 0.6 is 11.8 Å². The van der Waals surface area contributed by atoms with Crippen LogP contribution < -0.4 is 9.46 Å². The van der Waals surface area contributed by atoms with Crippen LogP contribution in [-0.4, -0.2) is 57.0 Å². The van der Waals surface area contributed by atoms with Gasteiger partial charge in [0.05, 0.1) is 11.5 Å². The Morgan fingerprint density at radius 2 is 1.78 bits per heavy atom. The predicted molar refractivity (Wildman–Crippen MR) is 130 cm³/mol. The second kappa shape index (κ2) is 11.7. The van der Waals surface area contributed by atoms with Gasteiger partial charge in [-0.3, -0.25) is 4.79 Å². The molecule has 0 radical (unpaired) electrons. The van der Waals surface area contributed by atoms with Gasteiger partial charge in [-0.25, -0.2) is 8.42 Å². The lowest BCUT2D eigenvalue weighted by molar-refractivity contribution is -0.134. The summed E-state index contributed by atoms with van der Waals surface area (Å²) >= 11 is 1.60. The van der Waals surface area contributed by atoms with Crippen LogP contribution in [0.15, 0.2) is 59.5 Å². The second-order valence-electron chi connectivity index (χ2n) is 8.16. The third-order valence-corrected chi connectivity index (χ3v) is 7.82. The summed E-state index contributed by atoms with van der Waals surface area (Å²) in [7, 11) is -3.77. The maximum atomic E-state index is 13.2. The number of para-hydroxylation sites is 1. The average molecular weight is 477 g/mol. The van der Waals surface area contributed by atoms with Gasteiger partial charge in [0.25, 0.3) is 0 Å². The summed E-state index contributed by atoms with van der Waals surface area (Å²) in [5.74, 6) is 1.80. The van der Waals surface area contributed by atoms with Crippen molar-refractivity contribution < 1.29 is 17.9 Å². The molecule has 0 saturated carbocycles. The van der Waals surface area contributed by atoms with Crippen LogP contribution in [0.5, 0.6) is 5.75 Å². The summed E-state index contributed by atoms with van der Waals surface area (Å²) in [4.78, 5) is 15.2. The van der Waals surface area contributed by atoms with E-state index in [1.165, 1.54) is 0 Å². The molecule has 2 aromatic carbocycles. The van der Waals surface area contributed by atoms with E-state index in [0.29, 0.717) is 37.8 Å². The first-order valence-electron chi connectivity index (χ1n) is 10.9. The fourth-order valence-corrected chi connectivity index (χ4v) is 5.41. The summed E-state index contributed by atoms with van der Waals surface area (Å²) < 4.78 is 34.3. The Labute approximate surface area is 195 Å². The van der Waals surface area contributed by atoms with Gasteiger partial charge >= 0.3 is 0 Å². The lowest BCUT2D eigenvalue weighted by Gasteiger charge is -2.34. The maximum absolute atomic E-state index is 13.2. The lowest BCUT2D eigenvalue weighted by atomic mass is 9.97. The summed E-state index contributed by atoms with van der Waals surface area (Å²) in [6.07, 6.45) is 4.10. The third-order valence-electron chi connectivity index (χ3n) is 5.69. The number of amides is 1. The smallest absolute Gasteiger partial charge is 0.241 e. The molecular weight excluding hydrogens is 444 g/mol. The highest BCUT2D eigenvalue weighted by atomic mass is 32.2.